The molecule has 1 aromatic carbocycles. The highest BCUT2D eigenvalue weighted by Gasteiger charge is 2.03. The Balaban J connectivity index is 2.63. The lowest BCUT2D eigenvalue weighted by Gasteiger charge is -2.20. The first-order valence-corrected chi connectivity index (χ1v) is 5.83. The van der Waals surface area contributed by atoms with Gasteiger partial charge in [-0.3, -0.25) is 4.79 Å². The Morgan fingerprint density at radius 1 is 1.25 bits per heavy atom. The third kappa shape index (κ3) is 3.69. The molecule has 0 aliphatic heterocycles. The molecule has 0 aromatic heterocycles. The van der Waals surface area contributed by atoms with Gasteiger partial charge in [0.05, 0.1) is 0 Å². The van der Waals surface area contributed by atoms with E-state index in [0.29, 0.717) is 0 Å². The van der Waals surface area contributed by atoms with Crippen LogP contribution in [0.5, 0.6) is 0 Å². The quantitative estimate of drug-likeness (QED) is 0.708. The molecule has 0 heterocycles. The van der Waals surface area contributed by atoms with Crippen molar-refractivity contribution in [3.63, 3.8) is 0 Å². The first-order valence-electron chi connectivity index (χ1n) is 5.83. The minimum Gasteiger partial charge on any atom is -0.375 e. The van der Waals surface area contributed by atoms with Crippen molar-refractivity contribution in [2.75, 3.05) is 18.5 Å². The van der Waals surface area contributed by atoms with Gasteiger partial charge >= 0.3 is 0 Å². The van der Waals surface area contributed by atoms with Crippen LogP contribution in [0.4, 0.5) is 5.69 Å². The first kappa shape index (κ1) is 12.8. The van der Waals surface area contributed by atoms with Crippen LogP contribution in [-0.4, -0.2) is 19.4 Å². The highest BCUT2D eigenvalue weighted by Crippen LogP contribution is 2.15. The zero-order valence-electron chi connectivity index (χ0n) is 10.7. The van der Waals surface area contributed by atoms with Crippen molar-refractivity contribution in [1.29, 1.82) is 0 Å². The van der Waals surface area contributed by atoms with Gasteiger partial charge in [0, 0.05) is 24.8 Å². The van der Waals surface area contributed by atoms with E-state index in [-0.39, 0.29) is 5.78 Å². The summed E-state index contributed by atoms with van der Waals surface area (Å²) in [7, 11) is 2.09. The standard InChI is InChI=1S/C14H21NO/c1-11(2)9-10-15(4)14-7-5-13(6-8-14)12(3)16/h5-8,11H,9-10H2,1-4H3. The van der Waals surface area contributed by atoms with Crippen LogP contribution in [0.25, 0.3) is 0 Å². The number of anilines is 1. The fourth-order valence-corrected chi connectivity index (χ4v) is 1.53. The van der Waals surface area contributed by atoms with Crippen molar-refractivity contribution < 1.29 is 4.79 Å². The summed E-state index contributed by atoms with van der Waals surface area (Å²) < 4.78 is 0. The molecule has 0 atom stereocenters. The summed E-state index contributed by atoms with van der Waals surface area (Å²) in [5, 5.41) is 0. The van der Waals surface area contributed by atoms with E-state index in [0.717, 1.165) is 18.0 Å². The number of Topliss-reactive ketones (excluding diaryl/α,β-unsaturated/α-hetero) is 1. The van der Waals surface area contributed by atoms with Crippen molar-refractivity contribution >= 4 is 11.5 Å². The van der Waals surface area contributed by atoms with Gasteiger partial charge in [0.1, 0.15) is 0 Å². The van der Waals surface area contributed by atoms with Crippen LogP contribution >= 0.6 is 0 Å². The van der Waals surface area contributed by atoms with E-state index in [1.165, 1.54) is 12.1 Å². The number of benzene rings is 1. The zero-order chi connectivity index (χ0) is 12.1. The van der Waals surface area contributed by atoms with Gasteiger partial charge in [0.25, 0.3) is 0 Å². The van der Waals surface area contributed by atoms with Crippen molar-refractivity contribution in [2.45, 2.75) is 27.2 Å². The van der Waals surface area contributed by atoms with E-state index in [4.69, 9.17) is 0 Å². The zero-order valence-corrected chi connectivity index (χ0v) is 10.7. The fourth-order valence-electron chi connectivity index (χ4n) is 1.53. The molecule has 0 saturated heterocycles. The summed E-state index contributed by atoms with van der Waals surface area (Å²) in [4.78, 5) is 13.4. The van der Waals surface area contributed by atoms with Crippen LogP contribution in [0.3, 0.4) is 0 Å². The number of rotatable bonds is 5. The predicted octanol–water partition coefficient (Wildman–Crippen LogP) is 3.37. The van der Waals surface area contributed by atoms with Crippen molar-refractivity contribution in [2.24, 2.45) is 5.92 Å². The lowest BCUT2D eigenvalue weighted by molar-refractivity contribution is 0.101. The monoisotopic (exact) mass is 219 g/mol. The largest absolute Gasteiger partial charge is 0.375 e. The van der Waals surface area contributed by atoms with E-state index in [9.17, 15) is 4.79 Å². The minimum atomic E-state index is 0.122. The lowest BCUT2D eigenvalue weighted by Crippen LogP contribution is -2.19. The molecule has 0 radical (unpaired) electrons. The molecule has 0 aliphatic rings. The summed E-state index contributed by atoms with van der Waals surface area (Å²) in [5.74, 6) is 0.843. The van der Waals surface area contributed by atoms with Gasteiger partial charge in [-0.05, 0) is 43.5 Å². The van der Waals surface area contributed by atoms with Crippen LogP contribution in [0, 0.1) is 5.92 Å². The van der Waals surface area contributed by atoms with E-state index in [2.05, 4.69) is 25.8 Å². The predicted molar refractivity (Wildman–Crippen MR) is 69.2 cm³/mol. The molecule has 2 heteroatoms. The Labute approximate surface area is 98.3 Å². The molecule has 2 nitrogen and oxygen atoms in total. The molecule has 0 aliphatic carbocycles. The van der Waals surface area contributed by atoms with Gasteiger partial charge in [-0.2, -0.15) is 0 Å². The van der Waals surface area contributed by atoms with Crippen LogP contribution in [-0.2, 0) is 0 Å². The Kier molecular flexibility index (Phi) is 4.53. The van der Waals surface area contributed by atoms with E-state index >= 15 is 0 Å². The molecule has 0 N–H and O–H groups in total. The summed E-state index contributed by atoms with van der Waals surface area (Å²) in [6.07, 6.45) is 1.19. The Hall–Kier alpha value is -1.31. The Morgan fingerprint density at radius 3 is 2.25 bits per heavy atom. The highest BCUT2D eigenvalue weighted by molar-refractivity contribution is 5.94. The average Bonchev–Trinajstić information content (AvgIpc) is 2.26. The molecule has 0 spiro atoms. The Morgan fingerprint density at radius 2 is 1.81 bits per heavy atom. The van der Waals surface area contributed by atoms with Gasteiger partial charge in [-0.15, -0.1) is 0 Å². The average molecular weight is 219 g/mol. The second-order valence-electron chi connectivity index (χ2n) is 4.71. The molecule has 0 bridgehead atoms. The lowest BCUT2D eigenvalue weighted by atomic mass is 10.1. The SMILES string of the molecule is CC(=O)c1ccc(N(C)CCC(C)C)cc1. The molecule has 1 rings (SSSR count). The van der Waals surface area contributed by atoms with Crippen molar-refractivity contribution in [3.8, 4) is 0 Å². The highest BCUT2D eigenvalue weighted by atomic mass is 16.1. The van der Waals surface area contributed by atoms with Gasteiger partial charge in [0.2, 0.25) is 0 Å². The normalized spacial score (nSPS) is 10.6. The number of carbonyl (C=O) groups is 1. The smallest absolute Gasteiger partial charge is 0.159 e. The molecule has 16 heavy (non-hydrogen) atoms. The van der Waals surface area contributed by atoms with Crippen molar-refractivity contribution in [3.05, 3.63) is 29.8 Å². The second-order valence-corrected chi connectivity index (χ2v) is 4.71. The molecule has 0 amide bonds. The number of carbonyl (C=O) groups excluding carboxylic acids is 1. The van der Waals surface area contributed by atoms with Crippen LogP contribution in [0.15, 0.2) is 24.3 Å². The Bertz CT molecular complexity index is 340. The molecule has 88 valence electrons. The maximum Gasteiger partial charge on any atom is 0.159 e. The molecular weight excluding hydrogens is 198 g/mol. The molecule has 1 aromatic rings. The first-order chi connectivity index (χ1) is 7.50. The van der Waals surface area contributed by atoms with Gasteiger partial charge in [-0.1, -0.05) is 13.8 Å². The topological polar surface area (TPSA) is 20.3 Å². The van der Waals surface area contributed by atoms with Crippen molar-refractivity contribution in [1.82, 2.24) is 0 Å². The summed E-state index contributed by atoms with van der Waals surface area (Å²) in [6.45, 7) is 7.11. The number of nitrogens with zero attached hydrogens (tertiary/aromatic N) is 1. The number of hydrogen-bond acceptors (Lipinski definition) is 2. The third-order valence-electron chi connectivity index (χ3n) is 2.76. The second kappa shape index (κ2) is 5.69. The number of ketones is 1. The summed E-state index contributed by atoms with van der Waals surface area (Å²) >= 11 is 0. The van der Waals surface area contributed by atoms with E-state index in [1.54, 1.807) is 6.92 Å². The molecule has 0 unspecified atom stereocenters. The van der Waals surface area contributed by atoms with Gasteiger partial charge in [0.15, 0.2) is 5.78 Å². The van der Waals surface area contributed by atoms with Gasteiger partial charge < -0.3 is 4.90 Å². The van der Waals surface area contributed by atoms with E-state index < -0.39 is 0 Å². The number of hydrogen-bond donors (Lipinski definition) is 0. The maximum absolute atomic E-state index is 11.1. The molecule has 0 saturated carbocycles. The van der Waals surface area contributed by atoms with E-state index in [1.807, 2.05) is 24.3 Å². The third-order valence-corrected chi connectivity index (χ3v) is 2.76. The molecule has 0 fully saturated rings. The molecular formula is C14H21NO. The maximum atomic E-state index is 11.1. The van der Waals surface area contributed by atoms with Gasteiger partial charge in [-0.25, -0.2) is 0 Å². The fraction of sp³-hybridized carbons (Fsp3) is 0.500. The van der Waals surface area contributed by atoms with Crippen LogP contribution < -0.4 is 4.90 Å². The van der Waals surface area contributed by atoms with Crippen LogP contribution in [0.1, 0.15) is 37.6 Å². The van der Waals surface area contributed by atoms with Crippen LogP contribution in [0.2, 0.25) is 0 Å². The summed E-state index contributed by atoms with van der Waals surface area (Å²) in [5.41, 5.74) is 1.95. The summed E-state index contributed by atoms with van der Waals surface area (Å²) in [6, 6.07) is 7.81. The minimum absolute atomic E-state index is 0.122.